The van der Waals surface area contributed by atoms with Gasteiger partial charge in [-0.2, -0.15) is 5.01 Å². The van der Waals surface area contributed by atoms with Gasteiger partial charge in [0.05, 0.1) is 13.2 Å². The molecular formula is C21H29N4O4+. The van der Waals surface area contributed by atoms with Gasteiger partial charge < -0.3 is 15.0 Å². The zero-order chi connectivity index (χ0) is 20.4. The maximum absolute atomic E-state index is 12.8. The second kappa shape index (κ2) is 8.02. The van der Waals surface area contributed by atoms with E-state index in [1.165, 1.54) is 0 Å². The fraction of sp³-hybridized carbons (Fsp3) is 0.571. The minimum atomic E-state index is -0.825. The molecule has 29 heavy (non-hydrogen) atoms. The molecule has 1 aromatic carbocycles. The Kier molecular flexibility index (Phi) is 5.45. The maximum Gasteiger partial charge on any atom is 0.344 e. The maximum atomic E-state index is 12.8. The summed E-state index contributed by atoms with van der Waals surface area (Å²) in [6.45, 7) is 0.937. The number of hydrogen-bond donors (Lipinski definition) is 3. The van der Waals surface area contributed by atoms with Crippen molar-refractivity contribution in [2.24, 2.45) is 0 Å². The largest absolute Gasteiger partial charge is 0.497 e. The smallest absolute Gasteiger partial charge is 0.344 e. The molecule has 1 saturated heterocycles. The summed E-state index contributed by atoms with van der Waals surface area (Å²) in [6, 6.07) is 7.75. The molecule has 8 nitrogen and oxygen atoms in total. The van der Waals surface area contributed by atoms with E-state index in [2.05, 4.69) is 10.7 Å². The first-order valence-electron chi connectivity index (χ1n) is 10.4. The lowest BCUT2D eigenvalue weighted by Crippen LogP contribution is -3.13. The number of imide groups is 1. The molecule has 0 radical (unpaired) electrons. The number of hydrogen-bond acceptors (Lipinski definition) is 4. The summed E-state index contributed by atoms with van der Waals surface area (Å²) in [5.41, 5.74) is 2.86. The van der Waals surface area contributed by atoms with Crippen molar-refractivity contribution in [2.45, 2.75) is 63.1 Å². The molecule has 3 N–H and O–H groups in total. The second-order valence-corrected chi connectivity index (χ2v) is 8.38. The highest BCUT2D eigenvalue weighted by molar-refractivity contribution is 6.08. The van der Waals surface area contributed by atoms with Crippen LogP contribution in [0.25, 0.3) is 0 Å². The molecule has 2 aliphatic carbocycles. The molecule has 8 heteroatoms. The number of rotatable bonds is 7. The van der Waals surface area contributed by atoms with Crippen molar-refractivity contribution in [2.75, 3.05) is 13.7 Å². The van der Waals surface area contributed by atoms with Crippen LogP contribution in [0.4, 0.5) is 4.79 Å². The van der Waals surface area contributed by atoms with Crippen LogP contribution >= 0.6 is 0 Å². The molecule has 1 heterocycles. The highest BCUT2D eigenvalue weighted by atomic mass is 16.5. The number of methoxy groups -OCH3 is 1. The molecule has 2 saturated carbocycles. The number of nitrogens with one attached hydrogen (secondary N) is 3. The summed E-state index contributed by atoms with van der Waals surface area (Å²) in [7, 11) is 1.63. The van der Waals surface area contributed by atoms with Crippen molar-refractivity contribution in [3.8, 4) is 5.75 Å². The van der Waals surface area contributed by atoms with Crippen LogP contribution in [0.15, 0.2) is 24.3 Å². The molecule has 4 rings (SSSR count). The quantitative estimate of drug-likeness (QED) is 0.581. The summed E-state index contributed by atoms with van der Waals surface area (Å²) < 4.78 is 5.19. The fourth-order valence-electron chi connectivity index (χ4n) is 4.43. The topological polar surface area (TPSA) is 92.2 Å². The number of quaternary nitrogens is 1. The molecule has 4 amide bonds. The Morgan fingerprint density at radius 3 is 2.52 bits per heavy atom. The standard InChI is InChI=1S/C21H28N4O4/c1-29-17-9-5-15(6-10-17)13-24(16-7-8-16)14-18(26)23-25-19(27)21(22-20(25)28)11-3-2-4-12-21/h5-6,9-10,16H,2-4,7-8,11-14H2,1H3,(H,22,28)(H,23,26)/p+1. The van der Waals surface area contributed by atoms with Crippen LogP contribution in [-0.2, 0) is 16.1 Å². The van der Waals surface area contributed by atoms with Crippen LogP contribution in [0, 0.1) is 0 Å². The van der Waals surface area contributed by atoms with Crippen LogP contribution in [0.1, 0.15) is 50.5 Å². The number of ether oxygens (including phenoxy) is 1. The van der Waals surface area contributed by atoms with Crippen LogP contribution in [-0.4, -0.2) is 48.1 Å². The van der Waals surface area contributed by atoms with Crippen LogP contribution in [0.5, 0.6) is 5.75 Å². The first kappa shape index (κ1) is 19.7. The van der Waals surface area contributed by atoms with E-state index in [0.29, 0.717) is 25.4 Å². The van der Waals surface area contributed by atoms with Gasteiger partial charge in [0.15, 0.2) is 6.54 Å². The SMILES string of the molecule is COc1ccc(C[NH+](CC(=O)NN2C(=O)NC3(CCCCC3)C2=O)C2CC2)cc1. The lowest BCUT2D eigenvalue weighted by atomic mass is 9.82. The minimum Gasteiger partial charge on any atom is -0.497 e. The van der Waals surface area contributed by atoms with Gasteiger partial charge in [-0.25, -0.2) is 4.79 Å². The predicted octanol–water partition coefficient (Wildman–Crippen LogP) is 0.528. The minimum absolute atomic E-state index is 0.223. The Balaban J connectivity index is 1.37. The van der Waals surface area contributed by atoms with E-state index >= 15 is 0 Å². The number of hydrazine groups is 1. The lowest BCUT2D eigenvalue weighted by molar-refractivity contribution is -0.917. The Morgan fingerprint density at radius 1 is 1.21 bits per heavy atom. The summed E-state index contributed by atoms with van der Waals surface area (Å²) in [5.74, 6) is 0.171. The van der Waals surface area contributed by atoms with E-state index in [1.54, 1.807) is 7.11 Å². The van der Waals surface area contributed by atoms with Crippen molar-refractivity contribution in [1.82, 2.24) is 15.8 Å². The normalized spacial score (nSPS) is 21.8. The number of amides is 4. The van der Waals surface area contributed by atoms with Gasteiger partial charge >= 0.3 is 6.03 Å². The van der Waals surface area contributed by atoms with E-state index in [1.807, 2.05) is 24.3 Å². The highest BCUT2D eigenvalue weighted by Gasteiger charge is 2.52. The van der Waals surface area contributed by atoms with Gasteiger partial charge in [-0.15, -0.1) is 0 Å². The molecule has 0 aromatic heterocycles. The van der Waals surface area contributed by atoms with Crippen LogP contribution < -0.4 is 20.4 Å². The Morgan fingerprint density at radius 2 is 1.90 bits per heavy atom. The van der Waals surface area contributed by atoms with Crippen molar-refractivity contribution in [3.05, 3.63) is 29.8 Å². The number of carbonyl (C=O) groups is 3. The Hall–Kier alpha value is -2.61. The zero-order valence-corrected chi connectivity index (χ0v) is 16.8. The zero-order valence-electron chi connectivity index (χ0n) is 16.8. The highest BCUT2D eigenvalue weighted by Crippen LogP contribution is 2.32. The van der Waals surface area contributed by atoms with E-state index in [4.69, 9.17) is 4.74 Å². The van der Waals surface area contributed by atoms with E-state index in [9.17, 15) is 14.4 Å². The van der Waals surface area contributed by atoms with Gasteiger partial charge in [-0.05, 0) is 37.1 Å². The van der Waals surface area contributed by atoms with Gasteiger partial charge in [-0.1, -0.05) is 19.3 Å². The fourth-order valence-corrected chi connectivity index (χ4v) is 4.43. The molecule has 1 atom stereocenters. The average Bonchev–Trinajstić information content (AvgIpc) is 3.54. The van der Waals surface area contributed by atoms with Gasteiger partial charge in [-0.3, -0.25) is 15.0 Å². The molecular weight excluding hydrogens is 372 g/mol. The molecule has 0 bridgehead atoms. The third kappa shape index (κ3) is 4.22. The van der Waals surface area contributed by atoms with E-state index in [-0.39, 0.29) is 18.4 Å². The molecule has 1 aromatic rings. The average molecular weight is 401 g/mol. The number of carbonyl (C=O) groups excluding carboxylic acids is 3. The Bertz CT molecular complexity index is 784. The van der Waals surface area contributed by atoms with Crippen molar-refractivity contribution < 1.29 is 24.0 Å². The van der Waals surface area contributed by atoms with Crippen molar-refractivity contribution in [3.63, 3.8) is 0 Å². The molecule has 1 unspecified atom stereocenters. The summed E-state index contributed by atoms with van der Waals surface area (Å²) in [5, 5.41) is 3.71. The third-order valence-corrected chi connectivity index (χ3v) is 6.24. The lowest BCUT2D eigenvalue weighted by Gasteiger charge is -2.30. The van der Waals surface area contributed by atoms with Crippen molar-refractivity contribution >= 4 is 17.8 Å². The Labute approximate surface area is 170 Å². The first-order chi connectivity index (χ1) is 14.0. The number of nitrogens with zero attached hydrogens (tertiary/aromatic N) is 1. The van der Waals surface area contributed by atoms with E-state index in [0.717, 1.165) is 53.3 Å². The van der Waals surface area contributed by atoms with Gasteiger partial charge in [0.25, 0.3) is 11.8 Å². The predicted molar refractivity (Wildman–Crippen MR) is 105 cm³/mol. The van der Waals surface area contributed by atoms with Gasteiger partial charge in [0.1, 0.15) is 17.8 Å². The molecule has 1 aliphatic heterocycles. The number of urea groups is 1. The molecule has 1 spiro atoms. The van der Waals surface area contributed by atoms with Gasteiger partial charge in [0, 0.05) is 18.4 Å². The third-order valence-electron chi connectivity index (χ3n) is 6.24. The monoisotopic (exact) mass is 401 g/mol. The molecule has 3 aliphatic rings. The molecule has 3 fully saturated rings. The van der Waals surface area contributed by atoms with Gasteiger partial charge in [0.2, 0.25) is 0 Å². The number of benzene rings is 1. The van der Waals surface area contributed by atoms with E-state index < -0.39 is 11.6 Å². The summed E-state index contributed by atoms with van der Waals surface area (Å²) in [6.07, 6.45) is 6.35. The molecule has 156 valence electrons. The second-order valence-electron chi connectivity index (χ2n) is 8.38. The van der Waals surface area contributed by atoms with Crippen molar-refractivity contribution in [1.29, 1.82) is 0 Å². The summed E-state index contributed by atoms with van der Waals surface area (Å²) >= 11 is 0. The first-order valence-corrected chi connectivity index (χ1v) is 10.4. The summed E-state index contributed by atoms with van der Waals surface area (Å²) in [4.78, 5) is 39.0. The van der Waals surface area contributed by atoms with Crippen LogP contribution in [0.2, 0.25) is 0 Å². The van der Waals surface area contributed by atoms with Crippen LogP contribution in [0.3, 0.4) is 0 Å².